The molecular formula is C20H33IN6. The maximum Gasteiger partial charge on any atom is 0.191 e. The van der Waals surface area contributed by atoms with Crippen molar-refractivity contribution >= 4 is 35.6 Å². The molecule has 1 aromatic carbocycles. The fourth-order valence-electron chi connectivity index (χ4n) is 4.44. The molecule has 5 rings (SSSR count). The number of halogens is 1. The van der Waals surface area contributed by atoms with Crippen molar-refractivity contribution in [1.29, 1.82) is 0 Å². The van der Waals surface area contributed by atoms with Crippen LogP contribution in [0.1, 0.15) is 12.8 Å². The molecule has 4 heterocycles. The predicted octanol–water partition coefficient (Wildman–Crippen LogP) is 1.44. The van der Waals surface area contributed by atoms with Crippen LogP contribution in [0, 0.1) is 0 Å². The molecule has 4 fully saturated rings. The summed E-state index contributed by atoms with van der Waals surface area (Å²) in [6, 6.07) is 11.9. The van der Waals surface area contributed by atoms with Gasteiger partial charge < -0.3 is 15.5 Å². The van der Waals surface area contributed by atoms with Gasteiger partial charge in [-0.3, -0.25) is 14.8 Å². The fraction of sp³-hybridized carbons (Fsp3) is 0.650. The molecule has 1 aromatic rings. The average molecular weight is 484 g/mol. The average Bonchev–Trinajstić information content (AvgIpc) is 2.73. The number of fused-ring (bicyclic) bond motifs is 3. The lowest BCUT2D eigenvalue weighted by atomic mass is 10.0. The van der Waals surface area contributed by atoms with Gasteiger partial charge in [0, 0.05) is 77.2 Å². The van der Waals surface area contributed by atoms with Crippen LogP contribution in [-0.2, 0) is 0 Å². The van der Waals surface area contributed by atoms with Crippen molar-refractivity contribution in [3.63, 3.8) is 0 Å². The van der Waals surface area contributed by atoms with Crippen molar-refractivity contribution in [3.8, 4) is 0 Å². The molecule has 7 heteroatoms. The summed E-state index contributed by atoms with van der Waals surface area (Å²) < 4.78 is 0. The zero-order valence-electron chi connectivity index (χ0n) is 16.3. The fourth-order valence-corrected chi connectivity index (χ4v) is 4.44. The van der Waals surface area contributed by atoms with E-state index in [-0.39, 0.29) is 24.0 Å². The van der Waals surface area contributed by atoms with E-state index in [0.717, 1.165) is 38.4 Å². The number of aliphatic imine (C=N–C) groups is 1. The van der Waals surface area contributed by atoms with Crippen molar-refractivity contribution in [1.82, 2.24) is 20.4 Å². The Morgan fingerprint density at radius 2 is 1.74 bits per heavy atom. The van der Waals surface area contributed by atoms with E-state index in [2.05, 4.69) is 60.7 Å². The number of piperazine rings is 3. The summed E-state index contributed by atoms with van der Waals surface area (Å²) in [5.41, 5.74) is 1.34. The number of hydrogen-bond donors (Lipinski definition) is 2. The highest BCUT2D eigenvalue weighted by Crippen LogP contribution is 2.19. The van der Waals surface area contributed by atoms with E-state index in [9.17, 15) is 0 Å². The topological polar surface area (TPSA) is 46.1 Å². The van der Waals surface area contributed by atoms with Crippen molar-refractivity contribution < 1.29 is 0 Å². The summed E-state index contributed by atoms with van der Waals surface area (Å²) in [4.78, 5) is 12.1. The van der Waals surface area contributed by atoms with Crippen LogP contribution in [0.5, 0.6) is 0 Å². The van der Waals surface area contributed by atoms with Gasteiger partial charge in [0.1, 0.15) is 0 Å². The molecule has 2 bridgehead atoms. The molecule has 1 unspecified atom stereocenters. The molecule has 0 saturated carbocycles. The second-order valence-corrected chi connectivity index (χ2v) is 7.68. The number of anilines is 1. The molecule has 0 aliphatic carbocycles. The first kappa shape index (κ1) is 20.7. The van der Waals surface area contributed by atoms with Gasteiger partial charge in [-0.05, 0) is 25.0 Å². The van der Waals surface area contributed by atoms with Crippen LogP contribution in [0.4, 0.5) is 5.69 Å². The molecule has 0 radical (unpaired) electrons. The van der Waals surface area contributed by atoms with Gasteiger partial charge in [0.05, 0.1) is 0 Å². The summed E-state index contributed by atoms with van der Waals surface area (Å²) >= 11 is 0. The van der Waals surface area contributed by atoms with E-state index in [1.165, 1.54) is 38.4 Å². The Morgan fingerprint density at radius 3 is 2.33 bits per heavy atom. The first-order valence-corrected chi connectivity index (χ1v) is 10.1. The van der Waals surface area contributed by atoms with E-state index in [1.54, 1.807) is 0 Å². The Morgan fingerprint density at radius 1 is 1.04 bits per heavy atom. The van der Waals surface area contributed by atoms with Gasteiger partial charge in [-0.25, -0.2) is 0 Å². The molecule has 4 saturated heterocycles. The number of nitrogens with zero attached hydrogens (tertiary/aromatic N) is 4. The lowest BCUT2D eigenvalue weighted by Crippen LogP contribution is -2.64. The van der Waals surface area contributed by atoms with E-state index < -0.39 is 0 Å². The first-order chi connectivity index (χ1) is 12.8. The number of hydrogen-bond acceptors (Lipinski definition) is 4. The van der Waals surface area contributed by atoms with Gasteiger partial charge in [-0.15, -0.1) is 24.0 Å². The van der Waals surface area contributed by atoms with Crippen molar-refractivity contribution in [2.75, 3.05) is 64.3 Å². The normalized spacial score (nSPS) is 28.6. The second-order valence-electron chi connectivity index (χ2n) is 7.68. The Labute approximate surface area is 180 Å². The van der Waals surface area contributed by atoms with Crippen LogP contribution in [0.25, 0.3) is 0 Å². The summed E-state index contributed by atoms with van der Waals surface area (Å²) in [6.45, 7) is 9.30. The molecule has 150 valence electrons. The number of rotatable bonds is 4. The molecule has 6 nitrogen and oxygen atoms in total. The van der Waals surface area contributed by atoms with Crippen LogP contribution >= 0.6 is 24.0 Å². The molecule has 0 amide bonds. The molecule has 27 heavy (non-hydrogen) atoms. The monoisotopic (exact) mass is 484 g/mol. The molecule has 2 N–H and O–H groups in total. The van der Waals surface area contributed by atoms with Crippen LogP contribution in [-0.4, -0.2) is 87.2 Å². The summed E-state index contributed by atoms with van der Waals surface area (Å²) in [6.07, 6.45) is 2.30. The summed E-state index contributed by atoms with van der Waals surface area (Å²) in [5.74, 6) is 0.959. The third kappa shape index (κ3) is 5.26. The SMILES string of the molecule is CN=C(NCC1CN2CCN1CC2)NC1CCN(c2ccccc2)CC1.I. The highest BCUT2D eigenvalue weighted by Gasteiger charge is 2.31. The summed E-state index contributed by atoms with van der Waals surface area (Å²) in [5, 5.41) is 7.21. The zero-order valence-corrected chi connectivity index (χ0v) is 18.6. The van der Waals surface area contributed by atoms with Gasteiger partial charge in [0.25, 0.3) is 0 Å². The van der Waals surface area contributed by atoms with Gasteiger partial charge in [0.15, 0.2) is 5.96 Å². The number of para-hydroxylation sites is 1. The van der Waals surface area contributed by atoms with Crippen molar-refractivity contribution in [2.45, 2.75) is 24.9 Å². The minimum Gasteiger partial charge on any atom is -0.371 e. The highest BCUT2D eigenvalue weighted by atomic mass is 127. The number of piperidine rings is 1. The maximum atomic E-state index is 4.45. The van der Waals surface area contributed by atoms with Crippen LogP contribution in [0.2, 0.25) is 0 Å². The highest BCUT2D eigenvalue weighted by molar-refractivity contribution is 14.0. The van der Waals surface area contributed by atoms with E-state index >= 15 is 0 Å². The number of benzene rings is 1. The minimum atomic E-state index is 0. The minimum absolute atomic E-state index is 0. The molecule has 0 aromatic heterocycles. The number of nitrogens with one attached hydrogen (secondary N) is 2. The van der Waals surface area contributed by atoms with E-state index in [1.807, 2.05) is 7.05 Å². The lowest BCUT2D eigenvalue weighted by molar-refractivity contribution is 0.0154. The number of guanidine groups is 1. The summed E-state index contributed by atoms with van der Waals surface area (Å²) in [7, 11) is 1.88. The molecule has 4 aliphatic heterocycles. The Bertz CT molecular complexity index is 594. The third-order valence-electron chi connectivity index (χ3n) is 6.08. The van der Waals surface area contributed by atoms with E-state index in [0.29, 0.717) is 12.1 Å². The quantitative estimate of drug-likeness (QED) is 0.385. The Kier molecular flexibility index (Phi) is 7.60. The van der Waals surface area contributed by atoms with Crippen molar-refractivity contribution in [3.05, 3.63) is 30.3 Å². The first-order valence-electron chi connectivity index (χ1n) is 10.1. The molecular weight excluding hydrogens is 451 g/mol. The van der Waals surface area contributed by atoms with Gasteiger partial charge in [-0.1, -0.05) is 18.2 Å². The Hall–Kier alpha value is -1.06. The second kappa shape index (κ2) is 9.93. The maximum absolute atomic E-state index is 4.45. The van der Waals surface area contributed by atoms with Crippen molar-refractivity contribution in [2.24, 2.45) is 4.99 Å². The van der Waals surface area contributed by atoms with Gasteiger partial charge in [0.2, 0.25) is 0 Å². The third-order valence-corrected chi connectivity index (χ3v) is 6.08. The van der Waals surface area contributed by atoms with Gasteiger partial charge in [-0.2, -0.15) is 0 Å². The zero-order chi connectivity index (χ0) is 17.8. The van der Waals surface area contributed by atoms with Crippen LogP contribution in [0.15, 0.2) is 35.3 Å². The molecule has 4 aliphatic rings. The Balaban J connectivity index is 0.00000210. The smallest absolute Gasteiger partial charge is 0.191 e. The molecule has 0 spiro atoms. The molecule has 1 atom stereocenters. The largest absolute Gasteiger partial charge is 0.371 e. The van der Waals surface area contributed by atoms with Crippen LogP contribution < -0.4 is 15.5 Å². The standard InChI is InChI=1S/C20H32N6.HI/c1-21-20(22-15-19-16-24-11-13-26(19)14-12-24)23-17-7-9-25(10-8-17)18-5-3-2-4-6-18;/h2-6,17,19H,7-16H2,1H3,(H2,21,22,23);1H. The lowest BCUT2D eigenvalue weighted by Gasteiger charge is -2.47. The predicted molar refractivity (Wildman–Crippen MR) is 123 cm³/mol. The van der Waals surface area contributed by atoms with Crippen LogP contribution in [0.3, 0.4) is 0 Å². The van der Waals surface area contributed by atoms with Gasteiger partial charge >= 0.3 is 0 Å². The van der Waals surface area contributed by atoms with E-state index in [4.69, 9.17) is 0 Å².